The fourth-order valence-electron chi connectivity index (χ4n) is 2.81. The SMILES string of the molecule is CCCCC1(C(O)c2ccccc2)CCC1. The molecule has 0 aliphatic heterocycles. The van der Waals surface area contributed by atoms with Gasteiger partial charge in [-0.15, -0.1) is 0 Å². The molecule has 1 nitrogen and oxygen atoms in total. The third-order valence-electron chi connectivity index (χ3n) is 4.07. The molecule has 0 heterocycles. The first-order valence-corrected chi connectivity index (χ1v) is 6.51. The highest BCUT2D eigenvalue weighted by atomic mass is 16.3. The van der Waals surface area contributed by atoms with E-state index in [4.69, 9.17) is 0 Å². The maximum absolute atomic E-state index is 10.5. The number of aliphatic hydroxyl groups is 1. The summed E-state index contributed by atoms with van der Waals surface area (Å²) in [4.78, 5) is 0. The van der Waals surface area contributed by atoms with Crippen molar-refractivity contribution in [2.75, 3.05) is 0 Å². The Morgan fingerprint density at radius 3 is 2.44 bits per heavy atom. The topological polar surface area (TPSA) is 20.2 Å². The zero-order chi connectivity index (χ0) is 11.4. The van der Waals surface area contributed by atoms with Crippen molar-refractivity contribution in [2.45, 2.75) is 51.6 Å². The Morgan fingerprint density at radius 2 is 1.94 bits per heavy atom. The molecule has 1 saturated carbocycles. The lowest BCUT2D eigenvalue weighted by atomic mass is 9.61. The normalized spacial score (nSPS) is 20.1. The summed E-state index contributed by atoms with van der Waals surface area (Å²) < 4.78 is 0. The van der Waals surface area contributed by atoms with Crippen molar-refractivity contribution in [1.29, 1.82) is 0 Å². The summed E-state index contributed by atoms with van der Waals surface area (Å²) in [7, 11) is 0. The van der Waals surface area contributed by atoms with Crippen LogP contribution < -0.4 is 0 Å². The quantitative estimate of drug-likeness (QED) is 0.789. The average Bonchev–Trinajstić information content (AvgIpc) is 2.29. The van der Waals surface area contributed by atoms with Crippen LogP contribution in [0, 0.1) is 5.41 Å². The second-order valence-electron chi connectivity index (χ2n) is 5.13. The van der Waals surface area contributed by atoms with E-state index in [2.05, 4.69) is 19.1 Å². The molecule has 16 heavy (non-hydrogen) atoms. The van der Waals surface area contributed by atoms with E-state index < -0.39 is 0 Å². The van der Waals surface area contributed by atoms with Crippen LogP contribution in [-0.4, -0.2) is 5.11 Å². The largest absolute Gasteiger partial charge is 0.388 e. The molecular weight excluding hydrogens is 196 g/mol. The Bertz CT molecular complexity index is 313. The molecular formula is C15H22O. The van der Waals surface area contributed by atoms with Gasteiger partial charge in [-0.25, -0.2) is 0 Å². The molecule has 1 aliphatic rings. The van der Waals surface area contributed by atoms with Crippen LogP contribution in [0.2, 0.25) is 0 Å². The van der Waals surface area contributed by atoms with Gasteiger partial charge in [0.15, 0.2) is 0 Å². The Balaban J connectivity index is 2.09. The van der Waals surface area contributed by atoms with E-state index in [0.717, 1.165) is 5.56 Å². The van der Waals surface area contributed by atoms with Crippen molar-refractivity contribution < 1.29 is 5.11 Å². The maximum Gasteiger partial charge on any atom is 0.0846 e. The third kappa shape index (κ3) is 2.15. The van der Waals surface area contributed by atoms with E-state index in [1.165, 1.54) is 38.5 Å². The molecule has 1 aromatic rings. The van der Waals surface area contributed by atoms with Gasteiger partial charge in [-0.3, -0.25) is 0 Å². The minimum absolute atomic E-state index is 0.192. The van der Waals surface area contributed by atoms with Crippen LogP contribution in [0.5, 0.6) is 0 Å². The van der Waals surface area contributed by atoms with Crippen molar-refractivity contribution in [3.63, 3.8) is 0 Å². The lowest BCUT2D eigenvalue weighted by molar-refractivity contribution is -0.0449. The Labute approximate surface area is 98.5 Å². The predicted octanol–water partition coefficient (Wildman–Crippen LogP) is 4.08. The van der Waals surface area contributed by atoms with E-state index >= 15 is 0 Å². The van der Waals surface area contributed by atoms with Crippen LogP contribution in [0.4, 0.5) is 0 Å². The molecule has 1 heteroatoms. The molecule has 0 radical (unpaired) electrons. The van der Waals surface area contributed by atoms with Gasteiger partial charge in [0.2, 0.25) is 0 Å². The average molecular weight is 218 g/mol. The third-order valence-corrected chi connectivity index (χ3v) is 4.07. The monoisotopic (exact) mass is 218 g/mol. The highest BCUT2D eigenvalue weighted by Crippen LogP contribution is 2.53. The second kappa shape index (κ2) is 5.01. The van der Waals surface area contributed by atoms with Crippen LogP contribution in [-0.2, 0) is 0 Å². The molecule has 2 rings (SSSR count). The van der Waals surface area contributed by atoms with Crippen molar-refractivity contribution in [2.24, 2.45) is 5.41 Å². The van der Waals surface area contributed by atoms with Crippen molar-refractivity contribution >= 4 is 0 Å². The number of rotatable bonds is 5. The first kappa shape index (κ1) is 11.7. The molecule has 1 aromatic carbocycles. The fraction of sp³-hybridized carbons (Fsp3) is 0.600. The zero-order valence-electron chi connectivity index (χ0n) is 10.2. The van der Waals surface area contributed by atoms with E-state index in [1.807, 2.05) is 18.2 Å². The molecule has 1 fully saturated rings. The summed E-state index contributed by atoms with van der Waals surface area (Å²) >= 11 is 0. The van der Waals surface area contributed by atoms with Crippen LogP contribution in [0.1, 0.15) is 57.1 Å². The molecule has 0 spiro atoms. The lowest BCUT2D eigenvalue weighted by Gasteiger charge is -2.46. The lowest BCUT2D eigenvalue weighted by Crippen LogP contribution is -2.36. The molecule has 88 valence electrons. The summed E-state index contributed by atoms with van der Waals surface area (Å²) in [6.07, 6.45) is 7.07. The van der Waals surface area contributed by atoms with E-state index in [0.29, 0.717) is 0 Å². The van der Waals surface area contributed by atoms with Gasteiger partial charge in [-0.2, -0.15) is 0 Å². The van der Waals surface area contributed by atoms with Gasteiger partial charge in [-0.1, -0.05) is 56.5 Å². The summed E-state index contributed by atoms with van der Waals surface area (Å²) in [6.45, 7) is 2.22. The van der Waals surface area contributed by atoms with Gasteiger partial charge < -0.3 is 5.11 Å². The molecule has 1 atom stereocenters. The summed E-state index contributed by atoms with van der Waals surface area (Å²) in [6, 6.07) is 10.2. The smallest absolute Gasteiger partial charge is 0.0846 e. The van der Waals surface area contributed by atoms with E-state index in [-0.39, 0.29) is 11.5 Å². The minimum atomic E-state index is -0.256. The van der Waals surface area contributed by atoms with Gasteiger partial charge in [0.25, 0.3) is 0 Å². The molecule has 1 aliphatic carbocycles. The van der Waals surface area contributed by atoms with Crippen LogP contribution in [0.3, 0.4) is 0 Å². The minimum Gasteiger partial charge on any atom is -0.388 e. The van der Waals surface area contributed by atoms with Gasteiger partial charge in [0.1, 0.15) is 0 Å². The van der Waals surface area contributed by atoms with Crippen molar-refractivity contribution in [3.8, 4) is 0 Å². The molecule has 1 unspecified atom stereocenters. The Kier molecular flexibility index (Phi) is 3.65. The first-order chi connectivity index (χ1) is 7.78. The summed E-state index contributed by atoms with van der Waals surface area (Å²) in [5.41, 5.74) is 1.29. The zero-order valence-corrected chi connectivity index (χ0v) is 10.2. The highest BCUT2D eigenvalue weighted by molar-refractivity contribution is 5.20. The Morgan fingerprint density at radius 1 is 1.25 bits per heavy atom. The van der Waals surface area contributed by atoms with Crippen molar-refractivity contribution in [1.82, 2.24) is 0 Å². The van der Waals surface area contributed by atoms with E-state index in [9.17, 15) is 5.11 Å². The van der Waals surface area contributed by atoms with Crippen LogP contribution in [0.15, 0.2) is 30.3 Å². The maximum atomic E-state index is 10.5. The number of benzene rings is 1. The molecule has 0 saturated heterocycles. The van der Waals surface area contributed by atoms with Crippen molar-refractivity contribution in [3.05, 3.63) is 35.9 Å². The van der Waals surface area contributed by atoms with E-state index in [1.54, 1.807) is 0 Å². The van der Waals surface area contributed by atoms with Gasteiger partial charge in [0, 0.05) is 5.41 Å². The van der Waals surface area contributed by atoms with Gasteiger partial charge in [0.05, 0.1) is 6.10 Å². The summed E-state index contributed by atoms with van der Waals surface area (Å²) in [5, 5.41) is 10.5. The number of unbranched alkanes of at least 4 members (excludes halogenated alkanes) is 1. The van der Waals surface area contributed by atoms with Crippen LogP contribution in [0.25, 0.3) is 0 Å². The predicted molar refractivity (Wildman–Crippen MR) is 67.2 cm³/mol. The molecule has 0 bridgehead atoms. The fourth-order valence-corrected chi connectivity index (χ4v) is 2.81. The molecule has 1 N–H and O–H groups in total. The highest BCUT2D eigenvalue weighted by Gasteiger charge is 2.43. The second-order valence-corrected chi connectivity index (χ2v) is 5.13. The van der Waals surface area contributed by atoms with Gasteiger partial charge >= 0.3 is 0 Å². The van der Waals surface area contributed by atoms with Crippen LogP contribution >= 0.6 is 0 Å². The number of aliphatic hydroxyl groups excluding tert-OH is 1. The van der Waals surface area contributed by atoms with Gasteiger partial charge in [-0.05, 0) is 24.8 Å². The molecule has 0 aromatic heterocycles. The molecule has 0 amide bonds. The standard InChI is InChI=1S/C15H22O/c1-2-3-10-15(11-7-12-15)14(16)13-8-5-4-6-9-13/h4-6,8-9,14,16H,2-3,7,10-12H2,1H3. The first-order valence-electron chi connectivity index (χ1n) is 6.51. The number of hydrogen-bond acceptors (Lipinski definition) is 1. The summed E-state index contributed by atoms with van der Waals surface area (Å²) in [5.74, 6) is 0. The number of hydrogen-bond donors (Lipinski definition) is 1. The Hall–Kier alpha value is -0.820.